The number of fused-ring (bicyclic) bond motifs is 1. The largest absolute Gasteiger partial charge is 0.389 e. The van der Waals surface area contributed by atoms with Gasteiger partial charge in [-0.15, -0.1) is 0 Å². The van der Waals surface area contributed by atoms with Gasteiger partial charge in [0.15, 0.2) is 0 Å². The van der Waals surface area contributed by atoms with Crippen LogP contribution in [0.4, 0.5) is 0 Å². The van der Waals surface area contributed by atoms with Gasteiger partial charge in [-0.3, -0.25) is 0 Å². The third-order valence-electron chi connectivity index (χ3n) is 8.59. The molecule has 6 unspecified atom stereocenters. The van der Waals surface area contributed by atoms with Crippen molar-refractivity contribution in [2.45, 2.75) is 131 Å². The Labute approximate surface area is 183 Å². The van der Waals surface area contributed by atoms with Crippen molar-refractivity contribution in [2.24, 2.45) is 35.0 Å². The molecule has 6 atom stereocenters. The smallest absolute Gasteiger partial charge is 0.0724 e. The van der Waals surface area contributed by atoms with Crippen LogP contribution in [-0.2, 0) is 0 Å². The highest BCUT2D eigenvalue weighted by Gasteiger charge is 2.35. The van der Waals surface area contributed by atoms with Gasteiger partial charge in [-0.05, 0) is 73.5 Å². The van der Waals surface area contributed by atoms with E-state index < -0.39 is 0 Å². The molecular formula is C28H52O. The normalized spacial score (nSPS) is 35.1. The van der Waals surface area contributed by atoms with Crippen LogP contribution in [0, 0.1) is 35.0 Å². The van der Waals surface area contributed by atoms with Gasteiger partial charge in [0.25, 0.3) is 0 Å². The first-order valence-electron chi connectivity index (χ1n) is 13.1. The summed E-state index contributed by atoms with van der Waals surface area (Å²) in [6.07, 6.45) is 19.3. The monoisotopic (exact) mass is 404 g/mol. The van der Waals surface area contributed by atoms with Crippen molar-refractivity contribution in [3.8, 4) is 0 Å². The quantitative estimate of drug-likeness (QED) is 0.402. The standard InChI is InChI=1S/C28H52O/c1-21(2)10-7-11-22(3)12-8-14-27-23(4)13-9-18-28(6)19-17-26(29)20-25(28)16-15-24(27)5/h20-24,26-27,29H,7-19H2,1-6H3. The summed E-state index contributed by atoms with van der Waals surface area (Å²) in [7, 11) is 0. The van der Waals surface area contributed by atoms with E-state index in [1.54, 1.807) is 5.57 Å². The van der Waals surface area contributed by atoms with Crippen LogP contribution in [0.25, 0.3) is 0 Å². The topological polar surface area (TPSA) is 20.2 Å². The van der Waals surface area contributed by atoms with Crippen LogP contribution in [-0.4, -0.2) is 11.2 Å². The first kappa shape index (κ1) is 25.0. The van der Waals surface area contributed by atoms with E-state index in [4.69, 9.17) is 0 Å². The van der Waals surface area contributed by atoms with Gasteiger partial charge in [0.2, 0.25) is 0 Å². The molecule has 1 heteroatoms. The lowest BCUT2D eigenvalue weighted by atomic mass is 9.65. The minimum atomic E-state index is -0.191. The van der Waals surface area contributed by atoms with Crippen molar-refractivity contribution in [2.75, 3.05) is 0 Å². The maximum absolute atomic E-state index is 10.2. The van der Waals surface area contributed by atoms with Gasteiger partial charge in [0.05, 0.1) is 6.10 Å². The molecule has 0 spiro atoms. The third-order valence-corrected chi connectivity index (χ3v) is 8.59. The fourth-order valence-corrected chi connectivity index (χ4v) is 6.29. The Balaban J connectivity index is 1.87. The Hall–Kier alpha value is -0.300. The number of rotatable bonds is 8. The molecule has 0 aromatic rings. The van der Waals surface area contributed by atoms with Crippen molar-refractivity contribution >= 4 is 0 Å². The molecule has 0 amide bonds. The predicted molar refractivity (Wildman–Crippen MR) is 128 cm³/mol. The summed E-state index contributed by atoms with van der Waals surface area (Å²) in [5.41, 5.74) is 1.94. The van der Waals surface area contributed by atoms with Crippen molar-refractivity contribution in [1.29, 1.82) is 0 Å². The van der Waals surface area contributed by atoms with Crippen molar-refractivity contribution < 1.29 is 5.11 Å². The van der Waals surface area contributed by atoms with Crippen LogP contribution in [0.3, 0.4) is 0 Å². The minimum Gasteiger partial charge on any atom is -0.389 e. The van der Waals surface area contributed by atoms with E-state index in [1.807, 2.05) is 0 Å². The Bertz CT molecular complexity index is 493. The summed E-state index contributed by atoms with van der Waals surface area (Å²) in [4.78, 5) is 0. The molecule has 0 aromatic heterocycles. The first-order valence-corrected chi connectivity index (χ1v) is 13.1. The zero-order chi connectivity index (χ0) is 21.4. The molecule has 0 aromatic carbocycles. The summed E-state index contributed by atoms with van der Waals surface area (Å²) in [5, 5.41) is 10.2. The Kier molecular flexibility index (Phi) is 10.3. The summed E-state index contributed by atoms with van der Waals surface area (Å²) < 4.78 is 0. The zero-order valence-corrected chi connectivity index (χ0v) is 20.7. The van der Waals surface area contributed by atoms with Crippen LogP contribution >= 0.6 is 0 Å². The van der Waals surface area contributed by atoms with Gasteiger partial charge < -0.3 is 5.11 Å². The number of allylic oxidation sites excluding steroid dienone is 1. The van der Waals surface area contributed by atoms with E-state index in [1.165, 1.54) is 77.0 Å². The van der Waals surface area contributed by atoms with Crippen LogP contribution in [0.15, 0.2) is 11.6 Å². The van der Waals surface area contributed by atoms with Gasteiger partial charge >= 0.3 is 0 Å². The molecule has 1 saturated carbocycles. The van der Waals surface area contributed by atoms with Crippen LogP contribution in [0.1, 0.15) is 125 Å². The molecule has 170 valence electrons. The average molecular weight is 405 g/mol. The lowest BCUT2D eigenvalue weighted by Crippen LogP contribution is -2.30. The Morgan fingerprint density at radius 1 is 0.966 bits per heavy atom. The van der Waals surface area contributed by atoms with Gasteiger partial charge in [-0.1, -0.05) is 98.1 Å². The fourth-order valence-electron chi connectivity index (χ4n) is 6.29. The van der Waals surface area contributed by atoms with Crippen molar-refractivity contribution in [3.63, 3.8) is 0 Å². The van der Waals surface area contributed by atoms with E-state index in [9.17, 15) is 5.11 Å². The Morgan fingerprint density at radius 3 is 2.38 bits per heavy atom. The van der Waals surface area contributed by atoms with E-state index in [2.05, 4.69) is 47.6 Å². The van der Waals surface area contributed by atoms with Crippen LogP contribution in [0.2, 0.25) is 0 Å². The van der Waals surface area contributed by atoms with E-state index in [-0.39, 0.29) is 6.10 Å². The van der Waals surface area contributed by atoms with Gasteiger partial charge in [0.1, 0.15) is 0 Å². The second-order valence-electron chi connectivity index (χ2n) is 11.8. The molecule has 0 bridgehead atoms. The molecule has 1 N–H and O–H groups in total. The summed E-state index contributed by atoms with van der Waals surface area (Å²) in [6, 6.07) is 0. The number of aliphatic hydroxyl groups is 1. The molecule has 0 aliphatic heterocycles. The highest BCUT2D eigenvalue weighted by atomic mass is 16.3. The third kappa shape index (κ3) is 8.04. The van der Waals surface area contributed by atoms with E-state index in [0.29, 0.717) is 5.41 Å². The van der Waals surface area contributed by atoms with Crippen molar-refractivity contribution in [1.82, 2.24) is 0 Å². The molecular weight excluding hydrogens is 352 g/mol. The van der Waals surface area contributed by atoms with Gasteiger partial charge in [0, 0.05) is 0 Å². The number of hydrogen-bond donors (Lipinski definition) is 1. The molecule has 1 fully saturated rings. The molecule has 0 saturated heterocycles. The summed E-state index contributed by atoms with van der Waals surface area (Å²) in [6.45, 7) is 14.7. The number of aliphatic hydroxyl groups excluding tert-OH is 1. The summed E-state index contributed by atoms with van der Waals surface area (Å²) >= 11 is 0. The second-order valence-corrected chi connectivity index (χ2v) is 11.8. The lowest BCUT2D eigenvalue weighted by molar-refractivity contribution is 0.144. The molecule has 1 nitrogen and oxygen atoms in total. The second kappa shape index (κ2) is 11.9. The maximum Gasteiger partial charge on any atom is 0.0724 e. The zero-order valence-electron chi connectivity index (χ0n) is 20.7. The number of hydrogen-bond acceptors (Lipinski definition) is 1. The minimum absolute atomic E-state index is 0.191. The van der Waals surface area contributed by atoms with Crippen molar-refractivity contribution in [3.05, 3.63) is 11.6 Å². The first-order chi connectivity index (χ1) is 13.7. The molecule has 29 heavy (non-hydrogen) atoms. The molecule has 2 aliphatic rings. The van der Waals surface area contributed by atoms with Crippen LogP contribution < -0.4 is 0 Å². The molecule has 2 rings (SSSR count). The highest BCUT2D eigenvalue weighted by Crippen LogP contribution is 2.46. The molecule has 0 radical (unpaired) electrons. The average Bonchev–Trinajstić information content (AvgIpc) is 2.65. The van der Waals surface area contributed by atoms with Gasteiger partial charge in [-0.2, -0.15) is 0 Å². The molecule has 2 aliphatic carbocycles. The van der Waals surface area contributed by atoms with E-state index >= 15 is 0 Å². The lowest BCUT2D eigenvalue weighted by Gasteiger charge is -2.40. The fraction of sp³-hybridized carbons (Fsp3) is 0.929. The van der Waals surface area contributed by atoms with Gasteiger partial charge in [-0.25, -0.2) is 0 Å². The Morgan fingerprint density at radius 2 is 1.66 bits per heavy atom. The highest BCUT2D eigenvalue weighted by molar-refractivity contribution is 5.19. The molecule has 0 heterocycles. The predicted octanol–water partition coefficient (Wildman–Crippen LogP) is 8.56. The SMILES string of the molecule is CC(C)CCCC(C)CCCC1C(C)CCCC2(C)CCC(O)C=C2CCC1C. The maximum atomic E-state index is 10.2. The van der Waals surface area contributed by atoms with E-state index in [0.717, 1.165) is 36.0 Å². The summed E-state index contributed by atoms with van der Waals surface area (Å²) in [5.74, 6) is 4.31. The van der Waals surface area contributed by atoms with Crippen LogP contribution in [0.5, 0.6) is 0 Å².